The number of carbonyl (C=O) groups is 1. The van der Waals surface area contributed by atoms with Crippen LogP contribution in [0.15, 0.2) is 48.5 Å². The van der Waals surface area contributed by atoms with E-state index >= 15 is 0 Å². The van der Waals surface area contributed by atoms with Crippen molar-refractivity contribution in [1.29, 1.82) is 0 Å². The number of nitrogens with zero attached hydrogens (tertiary/aromatic N) is 2. The van der Waals surface area contributed by atoms with Gasteiger partial charge in [0.25, 0.3) is 0 Å². The molecule has 0 aliphatic carbocycles. The van der Waals surface area contributed by atoms with Gasteiger partial charge in [-0.25, -0.2) is 4.68 Å². The van der Waals surface area contributed by atoms with Gasteiger partial charge in [0.2, 0.25) is 5.91 Å². The Morgan fingerprint density at radius 2 is 1.96 bits per heavy atom. The number of carbonyl (C=O) groups excluding carboxylic acids is 1. The minimum absolute atomic E-state index is 0.0194. The van der Waals surface area contributed by atoms with Gasteiger partial charge < -0.3 is 5.32 Å². The van der Waals surface area contributed by atoms with Crippen LogP contribution < -0.4 is 5.32 Å². The highest BCUT2D eigenvalue weighted by molar-refractivity contribution is 8.00. The molecule has 3 aromatic rings. The third kappa shape index (κ3) is 3.02. The van der Waals surface area contributed by atoms with Crippen molar-refractivity contribution in [3.8, 4) is 5.69 Å². The lowest BCUT2D eigenvalue weighted by molar-refractivity contribution is -0.113. The lowest BCUT2D eigenvalue weighted by atomic mass is 10.0. The number of anilines is 1. The number of halogens is 1. The molecule has 0 unspecified atom stereocenters. The lowest BCUT2D eigenvalue weighted by Gasteiger charge is -2.15. The van der Waals surface area contributed by atoms with Crippen LogP contribution in [0.1, 0.15) is 27.6 Å². The summed E-state index contributed by atoms with van der Waals surface area (Å²) >= 11 is 7.93. The van der Waals surface area contributed by atoms with E-state index in [1.165, 1.54) is 5.56 Å². The number of hydrogen-bond acceptors (Lipinski definition) is 3. The molecular formula is C20H18ClN3OS. The molecule has 2 aromatic carbocycles. The minimum atomic E-state index is -0.0194. The van der Waals surface area contributed by atoms with Crippen LogP contribution in [0, 0.1) is 13.8 Å². The second-order valence-corrected chi connectivity index (χ2v) is 7.84. The van der Waals surface area contributed by atoms with Crippen molar-refractivity contribution in [1.82, 2.24) is 9.78 Å². The number of aromatic nitrogens is 2. The standard InChI is InChI=1S/C20H18ClN3OS/c1-12-8-9-15(10-16(12)21)24-20-18(13(2)23-24)19(26-11-17(25)22-20)14-6-4-3-5-7-14/h3-10,19H,11H2,1-2H3,(H,22,25)/t19-/m1/s1. The number of amides is 1. The maximum atomic E-state index is 12.3. The fourth-order valence-electron chi connectivity index (χ4n) is 3.18. The van der Waals surface area contributed by atoms with Gasteiger partial charge in [-0.15, -0.1) is 11.8 Å². The van der Waals surface area contributed by atoms with Gasteiger partial charge in [0.15, 0.2) is 0 Å². The first kappa shape index (κ1) is 17.2. The molecule has 1 aliphatic heterocycles. The largest absolute Gasteiger partial charge is 0.310 e. The van der Waals surface area contributed by atoms with E-state index in [4.69, 9.17) is 16.7 Å². The third-order valence-electron chi connectivity index (χ3n) is 4.51. The zero-order chi connectivity index (χ0) is 18.3. The van der Waals surface area contributed by atoms with Crippen LogP contribution >= 0.6 is 23.4 Å². The highest BCUT2D eigenvalue weighted by Crippen LogP contribution is 2.43. The molecule has 0 saturated carbocycles. The first-order valence-electron chi connectivity index (χ1n) is 8.37. The monoisotopic (exact) mass is 383 g/mol. The molecule has 132 valence electrons. The Hall–Kier alpha value is -2.24. The average molecular weight is 384 g/mol. The SMILES string of the molecule is Cc1ccc(-n2nc(C)c3c2NC(=O)CS[C@@H]3c2ccccc2)cc1Cl. The van der Waals surface area contributed by atoms with E-state index in [1.807, 2.05) is 50.2 Å². The number of hydrogen-bond donors (Lipinski definition) is 1. The summed E-state index contributed by atoms with van der Waals surface area (Å²) in [7, 11) is 0. The van der Waals surface area contributed by atoms with Gasteiger partial charge in [0, 0.05) is 10.6 Å². The van der Waals surface area contributed by atoms with Gasteiger partial charge in [-0.1, -0.05) is 48.0 Å². The van der Waals surface area contributed by atoms with Gasteiger partial charge in [0.1, 0.15) is 5.82 Å². The van der Waals surface area contributed by atoms with Crippen LogP contribution in [0.2, 0.25) is 5.02 Å². The molecule has 2 heterocycles. The number of nitrogens with one attached hydrogen (secondary N) is 1. The first-order valence-corrected chi connectivity index (χ1v) is 9.79. The van der Waals surface area contributed by atoms with Gasteiger partial charge in [-0.2, -0.15) is 5.10 Å². The van der Waals surface area contributed by atoms with Crippen molar-refractivity contribution in [2.24, 2.45) is 0 Å². The fourth-order valence-corrected chi connectivity index (χ4v) is 4.54. The summed E-state index contributed by atoms with van der Waals surface area (Å²) in [4.78, 5) is 12.3. The van der Waals surface area contributed by atoms with Crippen LogP contribution in [0.4, 0.5) is 5.82 Å². The molecular weight excluding hydrogens is 366 g/mol. The van der Waals surface area contributed by atoms with E-state index in [9.17, 15) is 4.79 Å². The molecule has 1 N–H and O–H groups in total. The van der Waals surface area contributed by atoms with E-state index in [2.05, 4.69) is 17.4 Å². The van der Waals surface area contributed by atoms with Crippen molar-refractivity contribution >= 4 is 35.1 Å². The van der Waals surface area contributed by atoms with Gasteiger partial charge in [0.05, 0.1) is 22.4 Å². The third-order valence-corrected chi connectivity index (χ3v) is 6.19. The Morgan fingerprint density at radius 3 is 2.69 bits per heavy atom. The molecule has 1 aliphatic rings. The summed E-state index contributed by atoms with van der Waals surface area (Å²) < 4.78 is 1.79. The molecule has 4 nitrogen and oxygen atoms in total. The summed E-state index contributed by atoms with van der Waals surface area (Å²) in [5, 5.41) is 8.49. The zero-order valence-electron chi connectivity index (χ0n) is 14.5. The van der Waals surface area contributed by atoms with Crippen LogP contribution in [0.3, 0.4) is 0 Å². The highest BCUT2D eigenvalue weighted by atomic mass is 35.5. The van der Waals surface area contributed by atoms with Gasteiger partial charge in [-0.3, -0.25) is 4.79 Å². The van der Waals surface area contributed by atoms with Crippen LogP contribution in [0.25, 0.3) is 5.69 Å². The van der Waals surface area contributed by atoms with Crippen molar-refractivity contribution in [2.75, 3.05) is 11.1 Å². The highest BCUT2D eigenvalue weighted by Gasteiger charge is 2.30. The topological polar surface area (TPSA) is 46.9 Å². The average Bonchev–Trinajstić information content (AvgIpc) is 2.84. The van der Waals surface area contributed by atoms with E-state index < -0.39 is 0 Å². The maximum absolute atomic E-state index is 12.3. The predicted octanol–water partition coefficient (Wildman–Crippen LogP) is 4.92. The Morgan fingerprint density at radius 1 is 1.19 bits per heavy atom. The second-order valence-electron chi connectivity index (χ2n) is 6.34. The van der Waals surface area contributed by atoms with Crippen molar-refractivity contribution in [3.63, 3.8) is 0 Å². The molecule has 4 rings (SSSR count). The van der Waals surface area contributed by atoms with E-state index in [-0.39, 0.29) is 11.2 Å². The molecule has 0 radical (unpaired) electrons. The smallest absolute Gasteiger partial charge is 0.235 e. The fraction of sp³-hybridized carbons (Fsp3) is 0.200. The maximum Gasteiger partial charge on any atom is 0.235 e. The Bertz CT molecular complexity index is 984. The van der Waals surface area contributed by atoms with Crippen LogP contribution in [-0.2, 0) is 4.79 Å². The van der Waals surface area contributed by atoms with Crippen LogP contribution in [-0.4, -0.2) is 21.4 Å². The summed E-state index contributed by atoms with van der Waals surface area (Å²) in [5.74, 6) is 1.11. The summed E-state index contributed by atoms with van der Waals surface area (Å²) in [6, 6.07) is 16.0. The Labute approximate surface area is 161 Å². The molecule has 0 fully saturated rings. The second kappa shape index (κ2) is 6.82. The number of benzene rings is 2. The Balaban J connectivity index is 1.90. The summed E-state index contributed by atoms with van der Waals surface area (Å²) in [6.07, 6.45) is 0. The van der Waals surface area contributed by atoms with Crippen LogP contribution in [0.5, 0.6) is 0 Å². The summed E-state index contributed by atoms with van der Waals surface area (Å²) in [5.41, 5.74) is 4.96. The Kier molecular flexibility index (Phi) is 4.51. The summed E-state index contributed by atoms with van der Waals surface area (Å²) in [6.45, 7) is 3.95. The van der Waals surface area contributed by atoms with E-state index in [0.29, 0.717) is 10.8 Å². The van der Waals surface area contributed by atoms with Gasteiger partial charge in [-0.05, 0) is 37.1 Å². The van der Waals surface area contributed by atoms with Crippen molar-refractivity contribution in [3.05, 3.63) is 75.9 Å². The molecule has 0 bridgehead atoms. The predicted molar refractivity (Wildman–Crippen MR) is 107 cm³/mol. The molecule has 1 aromatic heterocycles. The van der Waals surface area contributed by atoms with Crippen molar-refractivity contribution in [2.45, 2.75) is 19.1 Å². The minimum Gasteiger partial charge on any atom is -0.310 e. The quantitative estimate of drug-likeness (QED) is 0.683. The molecule has 26 heavy (non-hydrogen) atoms. The van der Waals surface area contributed by atoms with Crippen molar-refractivity contribution < 1.29 is 4.79 Å². The number of aryl methyl sites for hydroxylation is 2. The van der Waals surface area contributed by atoms with E-state index in [0.717, 1.165) is 28.3 Å². The molecule has 0 spiro atoms. The molecule has 6 heteroatoms. The first-order chi connectivity index (χ1) is 12.5. The molecule has 0 saturated heterocycles. The lowest BCUT2D eigenvalue weighted by Crippen LogP contribution is -2.15. The number of thioether (sulfide) groups is 1. The zero-order valence-corrected chi connectivity index (χ0v) is 16.1. The number of rotatable bonds is 2. The number of fused-ring (bicyclic) bond motifs is 1. The molecule has 1 amide bonds. The van der Waals surface area contributed by atoms with E-state index in [1.54, 1.807) is 16.4 Å². The normalized spacial score (nSPS) is 16.7. The molecule has 1 atom stereocenters. The van der Waals surface area contributed by atoms with Gasteiger partial charge >= 0.3 is 0 Å².